The van der Waals surface area contributed by atoms with Gasteiger partial charge in [0.15, 0.2) is 0 Å². The SMILES string of the molecule is CCCCNC(=O)N1CCN(C(C)c2nc3ccccc3c(=O)n2-c2ccc(C)cc2)CC1. The number of rotatable bonds is 6. The summed E-state index contributed by atoms with van der Waals surface area (Å²) in [4.78, 5) is 35.1. The molecule has 0 radical (unpaired) electrons. The first-order valence-corrected chi connectivity index (χ1v) is 11.8. The number of piperazine rings is 1. The van der Waals surface area contributed by atoms with Crippen molar-refractivity contribution in [1.82, 2.24) is 24.7 Å². The van der Waals surface area contributed by atoms with Gasteiger partial charge in [-0.25, -0.2) is 9.78 Å². The summed E-state index contributed by atoms with van der Waals surface area (Å²) in [6, 6.07) is 15.4. The molecular weight excluding hydrogens is 414 g/mol. The lowest BCUT2D eigenvalue weighted by molar-refractivity contribution is 0.110. The maximum Gasteiger partial charge on any atom is 0.317 e. The van der Waals surface area contributed by atoms with Crippen molar-refractivity contribution in [3.05, 3.63) is 70.3 Å². The largest absolute Gasteiger partial charge is 0.338 e. The minimum Gasteiger partial charge on any atom is -0.338 e. The summed E-state index contributed by atoms with van der Waals surface area (Å²) >= 11 is 0. The summed E-state index contributed by atoms with van der Waals surface area (Å²) in [7, 11) is 0. The molecule has 1 unspecified atom stereocenters. The Labute approximate surface area is 195 Å². The molecule has 2 aromatic carbocycles. The van der Waals surface area contributed by atoms with Crippen LogP contribution in [0.4, 0.5) is 4.79 Å². The van der Waals surface area contributed by atoms with E-state index in [1.807, 2.05) is 60.4 Å². The summed E-state index contributed by atoms with van der Waals surface area (Å²) in [5.41, 5.74) is 2.62. The molecule has 2 heterocycles. The van der Waals surface area contributed by atoms with E-state index in [4.69, 9.17) is 4.98 Å². The third-order valence-corrected chi connectivity index (χ3v) is 6.42. The molecule has 1 saturated heterocycles. The first-order chi connectivity index (χ1) is 16.0. The lowest BCUT2D eigenvalue weighted by Crippen LogP contribution is -2.52. The second-order valence-corrected chi connectivity index (χ2v) is 8.75. The summed E-state index contributed by atoms with van der Waals surface area (Å²) < 4.78 is 1.75. The van der Waals surface area contributed by atoms with E-state index in [-0.39, 0.29) is 17.6 Å². The molecular formula is C26H33N5O2. The van der Waals surface area contributed by atoms with Crippen molar-refractivity contribution in [2.45, 2.75) is 39.7 Å². The van der Waals surface area contributed by atoms with E-state index >= 15 is 0 Å². The van der Waals surface area contributed by atoms with Crippen molar-refractivity contribution in [1.29, 1.82) is 0 Å². The molecule has 0 aliphatic carbocycles. The van der Waals surface area contributed by atoms with Crippen LogP contribution in [0.25, 0.3) is 16.6 Å². The molecule has 1 fully saturated rings. The fourth-order valence-electron chi connectivity index (χ4n) is 4.33. The number of urea groups is 1. The zero-order valence-corrected chi connectivity index (χ0v) is 19.8. The third-order valence-electron chi connectivity index (χ3n) is 6.42. The van der Waals surface area contributed by atoms with Gasteiger partial charge in [0.2, 0.25) is 0 Å². The summed E-state index contributed by atoms with van der Waals surface area (Å²) in [5, 5.41) is 3.62. The molecule has 1 N–H and O–H groups in total. The molecule has 0 bridgehead atoms. The molecule has 3 aromatic rings. The summed E-state index contributed by atoms with van der Waals surface area (Å²) in [5.74, 6) is 0.725. The highest BCUT2D eigenvalue weighted by Crippen LogP contribution is 2.24. The number of hydrogen-bond acceptors (Lipinski definition) is 4. The van der Waals surface area contributed by atoms with E-state index < -0.39 is 0 Å². The number of carbonyl (C=O) groups is 1. The van der Waals surface area contributed by atoms with Crippen LogP contribution in [0.3, 0.4) is 0 Å². The number of unbranched alkanes of at least 4 members (excludes halogenated alkanes) is 1. The molecule has 2 amide bonds. The van der Waals surface area contributed by atoms with Crippen LogP contribution in [0.1, 0.15) is 44.1 Å². The normalized spacial score (nSPS) is 15.5. The van der Waals surface area contributed by atoms with Crippen molar-refractivity contribution >= 4 is 16.9 Å². The van der Waals surface area contributed by atoms with Gasteiger partial charge in [0.05, 0.1) is 22.6 Å². The van der Waals surface area contributed by atoms with Crippen molar-refractivity contribution in [3.63, 3.8) is 0 Å². The molecule has 1 aromatic heterocycles. The van der Waals surface area contributed by atoms with Gasteiger partial charge in [-0.2, -0.15) is 0 Å². The van der Waals surface area contributed by atoms with E-state index in [1.54, 1.807) is 4.57 Å². The fraction of sp³-hybridized carbons (Fsp3) is 0.423. The van der Waals surface area contributed by atoms with Crippen LogP contribution >= 0.6 is 0 Å². The Morgan fingerprint density at radius 3 is 2.45 bits per heavy atom. The molecule has 1 aliphatic rings. The Morgan fingerprint density at radius 2 is 1.76 bits per heavy atom. The first kappa shape index (κ1) is 23.0. The van der Waals surface area contributed by atoms with Crippen LogP contribution < -0.4 is 10.9 Å². The predicted octanol–water partition coefficient (Wildman–Crippen LogP) is 3.88. The zero-order chi connectivity index (χ0) is 23.4. The van der Waals surface area contributed by atoms with Gasteiger partial charge in [-0.3, -0.25) is 14.3 Å². The van der Waals surface area contributed by atoms with E-state index in [9.17, 15) is 9.59 Å². The summed E-state index contributed by atoms with van der Waals surface area (Å²) in [6.45, 7) is 9.75. The molecule has 0 saturated carbocycles. The van der Waals surface area contributed by atoms with Crippen molar-refractivity contribution in [2.75, 3.05) is 32.7 Å². The van der Waals surface area contributed by atoms with Gasteiger partial charge in [-0.1, -0.05) is 43.2 Å². The van der Waals surface area contributed by atoms with Gasteiger partial charge in [0, 0.05) is 32.7 Å². The first-order valence-electron chi connectivity index (χ1n) is 11.8. The van der Waals surface area contributed by atoms with Gasteiger partial charge in [-0.05, 0) is 44.5 Å². The Hall–Kier alpha value is -3.19. The highest BCUT2D eigenvalue weighted by Gasteiger charge is 2.28. The highest BCUT2D eigenvalue weighted by molar-refractivity contribution is 5.78. The van der Waals surface area contributed by atoms with Crippen LogP contribution in [0.5, 0.6) is 0 Å². The monoisotopic (exact) mass is 447 g/mol. The lowest BCUT2D eigenvalue weighted by atomic mass is 10.1. The molecule has 174 valence electrons. The van der Waals surface area contributed by atoms with Gasteiger partial charge < -0.3 is 10.2 Å². The molecule has 33 heavy (non-hydrogen) atoms. The van der Waals surface area contributed by atoms with E-state index in [1.165, 1.54) is 0 Å². The molecule has 4 rings (SSSR count). The maximum atomic E-state index is 13.5. The van der Waals surface area contributed by atoms with Gasteiger partial charge in [-0.15, -0.1) is 0 Å². The maximum absolute atomic E-state index is 13.5. The van der Waals surface area contributed by atoms with Crippen LogP contribution in [-0.4, -0.2) is 58.1 Å². The zero-order valence-electron chi connectivity index (χ0n) is 19.8. The molecule has 7 heteroatoms. The van der Waals surface area contributed by atoms with E-state index in [2.05, 4.69) is 24.1 Å². The smallest absolute Gasteiger partial charge is 0.317 e. The van der Waals surface area contributed by atoms with Crippen LogP contribution in [0, 0.1) is 6.92 Å². The Balaban J connectivity index is 1.61. The van der Waals surface area contributed by atoms with Gasteiger partial charge >= 0.3 is 6.03 Å². The van der Waals surface area contributed by atoms with E-state index in [0.717, 1.165) is 49.6 Å². The number of aryl methyl sites for hydroxylation is 1. The van der Waals surface area contributed by atoms with Crippen molar-refractivity contribution < 1.29 is 4.79 Å². The quantitative estimate of drug-likeness (QED) is 0.582. The number of amides is 2. The number of nitrogens with one attached hydrogen (secondary N) is 1. The fourth-order valence-corrected chi connectivity index (χ4v) is 4.33. The number of carbonyl (C=O) groups excluding carboxylic acids is 1. The number of benzene rings is 2. The molecule has 1 aliphatic heterocycles. The second kappa shape index (κ2) is 10.2. The van der Waals surface area contributed by atoms with Crippen LogP contribution in [0.2, 0.25) is 0 Å². The summed E-state index contributed by atoms with van der Waals surface area (Å²) in [6.07, 6.45) is 2.06. The Kier molecular flexibility index (Phi) is 7.08. The third kappa shape index (κ3) is 4.93. The number of hydrogen-bond donors (Lipinski definition) is 1. The van der Waals surface area contributed by atoms with Gasteiger partial charge in [0.25, 0.3) is 5.56 Å². The molecule has 1 atom stereocenters. The predicted molar refractivity (Wildman–Crippen MR) is 132 cm³/mol. The molecule has 0 spiro atoms. The number of nitrogens with zero attached hydrogens (tertiary/aromatic N) is 4. The minimum absolute atomic E-state index is 0.0103. The van der Waals surface area contributed by atoms with Gasteiger partial charge in [0.1, 0.15) is 5.82 Å². The molecule has 7 nitrogen and oxygen atoms in total. The van der Waals surface area contributed by atoms with Crippen molar-refractivity contribution in [2.24, 2.45) is 0 Å². The number of para-hydroxylation sites is 1. The highest BCUT2D eigenvalue weighted by atomic mass is 16.2. The Bertz CT molecular complexity index is 1160. The lowest BCUT2D eigenvalue weighted by Gasteiger charge is -2.38. The standard InChI is InChI=1S/C26H33N5O2/c1-4-5-14-27-26(33)30-17-15-29(16-18-30)20(3)24-28-23-9-7-6-8-22(23)25(32)31(24)21-12-10-19(2)11-13-21/h6-13,20H,4-5,14-18H2,1-3H3,(H,27,33). The average molecular weight is 448 g/mol. The average Bonchev–Trinajstić information content (AvgIpc) is 2.84. The van der Waals surface area contributed by atoms with E-state index in [0.29, 0.717) is 24.0 Å². The number of fused-ring (bicyclic) bond motifs is 1. The van der Waals surface area contributed by atoms with Crippen LogP contribution in [-0.2, 0) is 0 Å². The second-order valence-electron chi connectivity index (χ2n) is 8.75. The topological polar surface area (TPSA) is 70.5 Å². The number of aromatic nitrogens is 2. The van der Waals surface area contributed by atoms with Crippen molar-refractivity contribution in [3.8, 4) is 5.69 Å². The minimum atomic E-state index is -0.0751. The Morgan fingerprint density at radius 1 is 1.06 bits per heavy atom. The van der Waals surface area contributed by atoms with Crippen LogP contribution in [0.15, 0.2) is 53.3 Å².